The summed E-state index contributed by atoms with van der Waals surface area (Å²) in [5, 5.41) is 10.3. The molecular formula is C15H30N2O2. The number of urea groups is 1. The van der Waals surface area contributed by atoms with Crippen LogP contribution >= 0.6 is 0 Å². The minimum absolute atomic E-state index is 0.271. The fraction of sp³-hybridized carbons (Fsp3) is 0.933. The maximum Gasteiger partial charge on any atom is 0.343 e. The smallest absolute Gasteiger partial charge is 0.326 e. The molecule has 19 heavy (non-hydrogen) atoms. The minimum Gasteiger partial charge on any atom is -0.326 e. The highest BCUT2D eigenvalue weighted by Crippen LogP contribution is 2.18. The summed E-state index contributed by atoms with van der Waals surface area (Å²) in [6.45, 7) is 3.53. The normalized spacial score (nSPS) is 20.2. The highest BCUT2D eigenvalue weighted by Gasteiger charge is 2.27. The lowest BCUT2D eigenvalue weighted by Gasteiger charge is -2.34. The summed E-state index contributed by atoms with van der Waals surface area (Å²) in [6.07, 6.45) is 11.7. The second-order valence-electron chi connectivity index (χ2n) is 5.87. The predicted molar refractivity (Wildman–Crippen MR) is 77.2 cm³/mol. The zero-order valence-corrected chi connectivity index (χ0v) is 12.6. The van der Waals surface area contributed by atoms with E-state index in [1.54, 1.807) is 11.9 Å². The van der Waals surface area contributed by atoms with Gasteiger partial charge in [-0.15, -0.1) is 0 Å². The van der Waals surface area contributed by atoms with Crippen molar-refractivity contribution >= 4 is 6.03 Å². The molecule has 0 aromatic heterocycles. The Morgan fingerprint density at radius 2 is 1.63 bits per heavy atom. The average Bonchev–Trinajstić information content (AvgIpc) is 2.39. The van der Waals surface area contributed by atoms with E-state index < -0.39 is 0 Å². The quantitative estimate of drug-likeness (QED) is 0.510. The third-order valence-electron chi connectivity index (χ3n) is 3.98. The number of hydroxylamine groups is 2. The number of hydrogen-bond acceptors (Lipinski definition) is 2. The van der Waals surface area contributed by atoms with Crippen LogP contribution in [0, 0.1) is 5.92 Å². The maximum absolute atomic E-state index is 11.4. The van der Waals surface area contributed by atoms with E-state index in [1.807, 2.05) is 0 Å². The van der Waals surface area contributed by atoms with Gasteiger partial charge >= 0.3 is 6.03 Å². The van der Waals surface area contributed by atoms with Crippen LogP contribution in [0.15, 0.2) is 0 Å². The van der Waals surface area contributed by atoms with Crippen molar-refractivity contribution in [2.45, 2.75) is 64.7 Å². The molecule has 4 nitrogen and oxygen atoms in total. The molecule has 0 saturated carbocycles. The van der Waals surface area contributed by atoms with Crippen molar-refractivity contribution in [3.63, 3.8) is 0 Å². The Labute approximate surface area is 117 Å². The SMILES string of the molecule is CCCCCCCCCCC1CN(C)C(=O)N(O)C1. The van der Waals surface area contributed by atoms with E-state index >= 15 is 0 Å². The molecule has 0 aromatic carbocycles. The van der Waals surface area contributed by atoms with Crippen molar-refractivity contribution in [2.24, 2.45) is 5.92 Å². The number of carbonyl (C=O) groups is 1. The monoisotopic (exact) mass is 270 g/mol. The Hall–Kier alpha value is -0.770. The largest absolute Gasteiger partial charge is 0.343 e. The van der Waals surface area contributed by atoms with Gasteiger partial charge in [0.1, 0.15) is 0 Å². The van der Waals surface area contributed by atoms with Gasteiger partial charge in [-0.3, -0.25) is 5.21 Å². The lowest BCUT2D eigenvalue weighted by atomic mass is 9.98. The third-order valence-corrected chi connectivity index (χ3v) is 3.98. The fourth-order valence-electron chi connectivity index (χ4n) is 2.79. The molecule has 1 rings (SSSR count). The zero-order chi connectivity index (χ0) is 14.1. The van der Waals surface area contributed by atoms with Crippen LogP contribution in [-0.4, -0.2) is 41.3 Å². The Morgan fingerprint density at radius 1 is 1.05 bits per heavy atom. The Bertz CT molecular complexity index is 245. The first kappa shape index (κ1) is 16.3. The molecule has 1 atom stereocenters. The van der Waals surface area contributed by atoms with E-state index in [1.165, 1.54) is 51.4 Å². The molecule has 0 aromatic rings. The molecule has 2 amide bonds. The molecule has 1 heterocycles. The molecule has 0 radical (unpaired) electrons. The van der Waals surface area contributed by atoms with Crippen LogP contribution in [0.5, 0.6) is 0 Å². The van der Waals surface area contributed by atoms with Crippen LogP contribution in [0.25, 0.3) is 0 Å². The van der Waals surface area contributed by atoms with Crippen LogP contribution in [0.2, 0.25) is 0 Å². The van der Waals surface area contributed by atoms with Gasteiger partial charge in [0.15, 0.2) is 0 Å². The van der Waals surface area contributed by atoms with Crippen molar-refractivity contribution in [3.05, 3.63) is 0 Å². The van der Waals surface area contributed by atoms with Gasteiger partial charge in [0.2, 0.25) is 0 Å². The number of unbranched alkanes of at least 4 members (excludes halogenated alkanes) is 7. The molecule has 1 N–H and O–H groups in total. The Balaban J connectivity index is 1.99. The molecule has 112 valence electrons. The highest BCUT2D eigenvalue weighted by atomic mass is 16.5. The van der Waals surface area contributed by atoms with Crippen LogP contribution in [-0.2, 0) is 0 Å². The zero-order valence-electron chi connectivity index (χ0n) is 12.6. The van der Waals surface area contributed by atoms with Crippen LogP contribution in [0.3, 0.4) is 0 Å². The molecule has 1 aliphatic rings. The number of amides is 2. The van der Waals surface area contributed by atoms with Crippen molar-refractivity contribution in [3.8, 4) is 0 Å². The molecule has 0 aliphatic carbocycles. The summed E-state index contributed by atoms with van der Waals surface area (Å²) in [6, 6.07) is -0.271. The third kappa shape index (κ3) is 6.28. The molecule has 1 aliphatic heterocycles. The van der Waals surface area contributed by atoms with Crippen LogP contribution < -0.4 is 0 Å². The van der Waals surface area contributed by atoms with Gasteiger partial charge in [-0.05, 0) is 12.3 Å². The molecule has 4 heteroatoms. The summed E-state index contributed by atoms with van der Waals surface area (Å²) in [5.74, 6) is 0.424. The van der Waals surface area contributed by atoms with E-state index in [-0.39, 0.29) is 6.03 Å². The molecule has 0 bridgehead atoms. The van der Waals surface area contributed by atoms with E-state index in [0.29, 0.717) is 12.5 Å². The van der Waals surface area contributed by atoms with Crippen LogP contribution in [0.1, 0.15) is 64.7 Å². The Kier molecular flexibility index (Phi) is 7.87. The molecule has 1 fully saturated rings. The van der Waals surface area contributed by atoms with Crippen molar-refractivity contribution < 1.29 is 10.0 Å². The first-order valence-electron chi connectivity index (χ1n) is 7.86. The summed E-state index contributed by atoms with van der Waals surface area (Å²) < 4.78 is 0. The van der Waals surface area contributed by atoms with E-state index in [2.05, 4.69) is 6.92 Å². The number of nitrogens with zero attached hydrogens (tertiary/aromatic N) is 2. The van der Waals surface area contributed by atoms with E-state index in [9.17, 15) is 10.0 Å². The van der Waals surface area contributed by atoms with Gasteiger partial charge in [0.05, 0.1) is 6.54 Å². The number of carbonyl (C=O) groups excluding carboxylic acids is 1. The van der Waals surface area contributed by atoms with Gasteiger partial charge in [-0.1, -0.05) is 58.3 Å². The maximum atomic E-state index is 11.4. The molecular weight excluding hydrogens is 240 g/mol. The van der Waals surface area contributed by atoms with Crippen molar-refractivity contribution in [2.75, 3.05) is 20.1 Å². The second-order valence-corrected chi connectivity index (χ2v) is 5.87. The van der Waals surface area contributed by atoms with Crippen LogP contribution in [0.4, 0.5) is 4.79 Å². The van der Waals surface area contributed by atoms with E-state index in [4.69, 9.17) is 0 Å². The summed E-state index contributed by atoms with van der Waals surface area (Å²) in [7, 11) is 1.76. The standard InChI is InChI=1S/C15H30N2O2/c1-3-4-5-6-7-8-9-10-11-14-12-16(2)15(18)17(19)13-14/h14,19H,3-13H2,1-2H3. The van der Waals surface area contributed by atoms with Gasteiger partial charge < -0.3 is 4.90 Å². The molecule has 0 spiro atoms. The molecule has 1 unspecified atom stereocenters. The lowest BCUT2D eigenvalue weighted by molar-refractivity contribution is -0.0845. The minimum atomic E-state index is -0.271. The predicted octanol–water partition coefficient (Wildman–Crippen LogP) is 3.89. The number of hydrogen-bond donors (Lipinski definition) is 1. The van der Waals surface area contributed by atoms with Gasteiger partial charge in [-0.25, -0.2) is 9.86 Å². The Morgan fingerprint density at radius 3 is 2.21 bits per heavy atom. The van der Waals surface area contributed by atoms with Crippen molar-refractivity contribution in [1.29, 1.82) is 0 Å². The number of rotatable bonds is 9. The van der Waals surface area contributed by atoms with E-state index in [0.717, 1.165) is 18.0 Å². The fourth-order valence-corrected chi connectivity index (χ4v) is 2.79. The molecule has 1 saturated heterocycles. The van der Waals surface area contributed by atoms with Gasteiger partial charge in [0, 0.05) is 13.6 Å². The lowest BCUT2D eigenvalue weighted by Crippen LogP contribution is -2.50. The highest BCUT2D eigenvalue weighted by molar-refractivity contribution is 5.73. The van der Waals surface area contributed by atoms with Gasteiger partial charge in [0.25, 0.3) is 0 Å². The van der Waals surface area contributed by atoms with Gasteiger partial charge in [-0.2, -0.15) is 0 Å². The topological polar surface area (TPSA) is 43.8 Å². The van der Waals surface area contributed by atoms with Crippen molar-refractivity contribution in [1.82, 2.24) is 9.96 Å². The first-order valence-corrected chi connectivity index (χ1v) is 7.86. The summed E-state index contributed by atoms with van der Waals surface area (Å²) in [4.78, 5) is 13.0. The summed E-state index contributed by atoms with van der Waals surface area (Å²) in [5.41, 5.74) is 0. The second kappa shape index (κ2) is 9.18. The average molecular weight is 270 g/mol. The first-order chi connectivity index (χ1) is 9.15. The summed E-state index contributed by atoms with van der Waals surface area (Å²) >= 11 is 0.